The second kappa shape index (κ2) is 6.93. The number of rotatable bonds is 5. The zero-order valence-corrected chi connectivity index (χ0v) is 15.5. The van der Waals surface area contributed by atoms with Crippen molar-refractivity contribution in [3.63, 3.8) is 0 Å². The van der Waals surface area contributed by atoms with Crippen LogP contribution < -0.4 is 10.1 Å². The highest BCUT2D eigenvalue weighted by molar-refractivity contribution is 6.34. The maximum absolute atomic E-state index is 12.0. The summed E-state index contributed by atoms with van der Waals surface area (Å²) in [5, 5.41) is 3.89. The van der Waals surface area contributed by atoms with Gasteiger partial charge in [-0.3, -0.25) is 4.79 Å². The summed E-state index contributed by atoms with van der Waals surface area (Å²) < 4.78 is 6.05. The largest absolute Gasteiger partial charge is 0.491 e. The molecule has 2 fully saturated rings. The lowest BCUT2D eigenvalue weighted by molar-refractivity contribution is 0.0827. The number of piperidine rings is 1. The molecule has 3 rings (SSSR count). The van der Waals surface area contributed by atoms with Crippen LogP contribution in [-0.2, 0) is 0 Å². The standard InChI is InChI=1S/C19H27ClN2O2/c1-13(10-14-12-19(14)6-8-21-9-7-19)24-15-4-5-16(17(20)11-15)18(23)22(2)3/h4-5,11,13-14,21H,6-10,12H2,1-3H3/t13-,14+/m1/s1. The molecule has 0 aromatic heterocycles. The maximum atomic E-state index is 12.0. The summed E-state index contributed by atoms with van der Waals surface area (Å²) in [5.41, 5.74) is 1.10. The van der Waals surface area contributed by atoms with Gasteiger partial charge in [-0.2, -0.15) is 0 Å². The van der Waals surface area contributed by atoms with Gasteiger partial charge in [-0.15, -0.1) is 0 Å². The molecule has 1 amide bonds. The summed E-state index contributed by atoms with van der Waals surface area (Å²) in [7, 11) is 3.44. The van der Waals surface area contributed by atoms with Gasteiger partial charge in [0.05, 0.1) is 16.7 Å². The second-order valence-electron chi connectivity index (χ2n) is 7.52. The molecule has 0 radical (unpaired) electrons. The second-order valence-corrected chi connectivity index (χ2v) is 7.93. The fourth-order valence-electron chi connectivity index (χ4n) is 3.97. The van der Waals surface area contributed by atoms with Crippen molar-refractivity contribution in [2.75, 3.05) is 27.2 Å². The molecule has 2 aliphatic rings. The van der Waals surface area contributed by atoms with E-state index in [0.29, 0.717) is 16.0 Å². The number of nitrogens with zero attached hydrogens (tertiary/aromatic N) is 1. The lowest BCUT2D eigenvalue weighted by Gasteiger charge is -2.24. The van der Waals surface area contributed by atoms with Gasteiger partial charge < -0.3 is 15.0 Å². The number of amides is 1. The van der Waals surface area contributed by atoms with Gasteiger partial charge in [0.2, 0.25) is 0 Å². The highest BCUT2D eigenvalue weighted by atomic mass is 35.5. The Labute approximate surface area is 149 Å². The molecule has 1 saturated carbocycles. The Morgan fingerprint density at radius 3 is 2.75 bits per heavy atom. The quantitative estimate of drug-likeness (QED) is 0.882. The minimum absolute atomic E-state index is 0.0922. The van der Waals surface area contributed by atoms with Crippen LogP contribution in [0.3, 0.4) is 0 Å². The van der Waals surface area contributed by atoms with E-state index in [1.807, 2.05) is 6.07 Å². The molecule has 2 atom stereocenters. The van der Waals surface area contributed by atoms with Crippen LogP contribution >= 0.6 is 11.6 Å². The SMILES string of the molecule is C[C@H](C[C@H]1CC12CCNCC2)Oc1ccc(C(=O)N(C)C)c(Cl)c1. The summed E-state index contributed by atoms with van der Waals surface area (Å²) in [6.07, 6.45) is 5.21. The molecule has 1 aromatic rings. The van der Waals surface area contributed by atoms with Crippen LogP contribution in [0, 0.1) is 11.3 Å². The Bertz CT molecular complexity index is 611. The van der Waals surface area contributed by atoms with Crippen LogP contribution in [0.25, 0.3) is 0 Å². The predicted octanol–water partition coefficient (Wildman–Crippen LogP) is 3.59. The minimum atomic E-state index is -0.0922. The monoisotopic (exact) mass is 350 g/mol. The van der Waals surface area contributed by atoms with Crippen molar-refractivity contribution in [3.8, 4) is 5.75 Å². The fraction of sp³-hybridized carbons (Fsp3) is 0.632. The molecular weight excluding hydrogens is 324 g/mol. The van der Waals surface area contributed by atoms with E-state index in [0.717, 1.165) is 31.2 Å². The lowest BCUT2D eigenvalue weighted by atomic mass is 9.90. The average molecular weight is 351 g/mol. The summed E-state index contributed by atoms with van der Waals surface area (Å²) in [6.45, 7) is 4.44. The molecule has 1 aliphatic heterocycles. The van der Waals surface area contributed by atoms with Gasteiger partial charge in [0.25, 0.3) is 5.91 Å². The van der Waals surface area contributed by atoms with E-state index in [9.17, 15) is 4.79 Å². The van der Waals surface area contributed by atoms with E-state index in [2.05, 4.69) is 12.2 Å². The Morgan fingerprint density at radius 2 is 2.12 bits per heavy atom. The van der Waals surface area contributed by atoms with Crippen LogP contribution in [0.15, 0.2) is 18.2 Å². The normalized spacial score (nSPS) is 22.9. The van der Waals surface area contributed by atoms with E-state index >= 15 is 0 Å². The first-order chi connectivity index (χ1) is 11.4. The number of nitrogens with one attached hydrogen (secondary N) is 1. The van der Waals surface area contributed by atoms with E-state index in [-0.39, 0.29) is 12.0 Å². The van der Waals surface area contributed by atoms with E-state index < -0.39 is 0 Å². The van der Waals surface area contributed by atoms with Crippen molar-refractivity contribution in [1.82, 2.24) is 10.2 Å². The van der Waals surface area contributed by atoms with Gasteiger partial charge in [0.15, 0.2) is 0 Å². The molecule has 1 N–H and O–H groups in total. The van der Waals surface area contributed by atoms with E-state index in [1.165, 1.54) is 24.2 Å². The first kappa shape index (κ1) is 17.6. The first-order valence-corrected chi connectivity index (χ1v) is 9.18. The van der Waals surface area contributed by atoms with Crippen molar-refractivity contribution in [2.24, 2.45) is 11.3 Å². The Hall–Kier alpha value is -1.26. The van der Waals surface area contributed by atoms with Gasteiger partial charge in [0, 0.05) is 14.1 Å². The number of hydrogen-bond acceptors (Lipinski definition) is 3. The Morgan fingerprint density at radius 1 is 1.42 bits per heavy atom. The number of halogens is 1. The summed E-state index contributed by atoms with van der Waals surface area (Å²) in [4.78, 5) is 13.5. The number of benzene rings is 1. The van der Waals surface area contributed by atoms with Crippen molar-refractivity contribution in [2.45, 2.75) is 38.7 Å². The lowest BCUT2D eigenvalue weighted by Crippen LogP contribution is -2.30. The molecule has 132 valence electrons. The fourth-order valence-corrected chi connectivity index (χ4v) is 4.22. The highest BCUT2D eigenvalue weighted by Gasteiger charge is 2.53. The molecule has 5 heteroatoms. The third-order valence-electron chi connectivity index (χ3n) is 5.49. The van der Waals surface area contributed by atoms with Gasteiger partial charge in [0.1, 0.15) is 5.75 Å². The summed E-state index contributed by atoms with van der Waals surface area (Å²) >= 11 is 6.25. The average Bonchev–Trinajstić information content (AvgIpc) is 3.18. The van der Waals surface area contributed by atoms with Crippen LogP contribution in [0.5, 0.6) is 5.75 Å². The van der Waals surface area contributed by atoms with Crippen molar-refractivity contribution in [3.05, 3.63) is 28.8 Å². The Kier molecular flexibility index (Phi) is 5.07. The summed E-state index contributed by atoms with van der Waals surface area (Å²) in [5.74, 6) is 1.44. The number of carbonyl (C=O) groups excluding carboxylic acids is 1. The van der Waals surface area contributed by atoms with E-state index in [1.54, 1.807) is 26.2 Å². The smallest absolute Gasteiger partial charge is 0.254 e. The molecule has 1 heterocycles. The van der Waals surface area contributed by atoms with Gasteiger partial charge in [-0.1, -0.05) is 11.6 Å². The van der Waals surface area contributed by atoms with Crippen LogP contribution in [-0.4, -0.2) is 44.1 Å². The molecule has 1 aliphatic carbocycles. The molecule has 0 bridgehead atoms. The zero-order valence-electron chi connectivity index (χ0n) is 14.8. The van der Waals surface area contributed by atoms with Crippen LogP contribution in [0.4, 0.5) is 0 Å². The predicted molar refractivity (Wildman–Crippen MR) is 96.8 cm³/mol. The first-order valence-electron chi connectivity index (χ1n) is 8.80. The topological polar surface area (TPSA) is 41.6 Å². The third kappa shape index (κ3) is 3.70. The van der Waals surface area contributed by atoms with Gasteiger partial charge in [-0.25, -0.2) is 0 Å². The van der Waals surface area contributed by atoms with Crippen molar-refractivity contribution in [1.29, 1.82) is 0 Å². The van der Waals surface area contributed by atoms with Gasteiger partial charge in [-0.05, 0) is 75.2 Å². The number of hydrogen-bond donors (Lipinski definition) is 1. The number of ether oxygens (including phenoxy) is 1. The zero-order chi connectivity index (χ0) is 17.3. The third-order valence-corrected chi connectivity index (χ3v) is 5.80. The Balaban J connectivity index is 1.56. The van der Waals surface area contributed by atoms with Crippen LogP contribution in [0.1, 0.15) is 43.0 Å². The molecule has 1 spiro atoms. The molecular formula is C19H27ClN2O2. The maximum Gasteiger partial charge on any atom is 0.254 e. The van der Waals surface area contributed by atoms with Gasteiger partial charge >= 0.3 is 0 Å². The van der Waals surface area contributed by atoms with Crippen molar-refractivity contribution < 1.29 is 9.53 Å². The molecule has 0 unspecified atom stereocenters. The minimum Gasteiger partial charge on any atom is -0.491 e. The van der Waals surface area contributed by atoms with Crippen molar-refractivity contribution >= 4 is 17.5 Å². The molecule has 4 nitrogen and oxygen atoms in total. The number of carbonyl (C=O) groups is 1. The molecule has 1 aromatic carbocycles. The highest BCUT2D eigenvalue weighted by Crippen LogP contribution is 2.60. The van der Waals surface area contributed by atoms with Crippen LogP contribution in [0.2, 0.25) is 5.02 Å². The molecule has 1 saturated heterocycles. The van der Waals surface area contributed by atoms with E-state index in [4.69, 9.17) is 16.3 Å². The molecule has 24 heavy (non-hydrogen) atoms. The summed E-state index contributed by atoms with van der Waals surface area (Å²) in [6, 6.07) is 5.34.